The summed E-state index contributed by atoms with van der Waals surface area (Å²) >= 11 is 0. The van der Waals surface area contributed by atoms with Crippen molar-refractivity contribution in [2.45, 2.75) is 33.6 Å². The van der Waals surface area contributed by atoms with Crippen LogP contribution in [0, 0.1) is 23.7 Å². The molecule has 0 saturated carbocycles. The number of hydrogen-bond acceptors (Lipinski definition) is 4. The van der Waals surface area contributed by atoms with E-state index in [2.05, 4.69) is 30.6 Å². The van der Waals surface area contributed by atoms with Crippen molar-refractivity contribution in [3.8, 4) is 6.07 Å². The minimum atomic E-state index is -0.182. The number of nitriles is 1. The zero-order valence-corrected chi connectivity index (χ0v) is 13.6. The van der Waals surface area contributed by atoms with E-state index in [0.717, 1.165) is 24.2 Å². The van der Waals surface area contributed by atoms with Gasteiger partial charge in [0, 0.05) is 30.8 Å². The van der Waals surface area contributed by atoms with E-state index >= 15 is 0 Å². The van der Waals surface area contributed by atoms with Gasteiger partial charge in [0.1, 0.15) is 0 Å². The van der Waals surface area contributed by atoms with E-state index in [1.807, 2.05) is 19.1 Å². The van der Waals surface area contributed by atoms with Gasteiger partial charge in [-0.1, -0.05) is 19.9 Å². The third-order valence-corrected chi connectivity index (χ3v) is 3.65. The van der Waals surface area contributed by atoms with Crippen molar-refractivity contribution in [2.24, 2.45) is 5.41 Å². The summed E-state index contributed by atoms with van der Waals surface area (Å²) in [6, 6.07) is 7.73. The van der Waals surface area contributed by atoms with Crippen LogP contribution < -0.4 is 10.6 Å². The summed E-state index contributed by atoms with van der Waals surface area (Å²) in [6.45, 7) is 7.04. The molecule has 1 amide bonds. The zero-order chi connectivity index (χ0) is 16.6. The highest BCUT2D eigenvalue weighted by molar-refractivity contribution is 5.97. The van der Waals surface area contributed by atoms with Crippen molar-refractivity contribution >= 4 is 11.6 Å². The summed E-state index contributed by atoms with van der Waals surface area (Å²) in [6.07, 6.45) is 1.36. The normalized spacial score (nSPS) is 10.9. The number of amides is 1. The van der Waals surface area contributed by atoms with Gasteiger partial charge >= 0.3 is 0 Å². The molecule has 0 atom stereocenters. The summed E-state index contributed by atoms with van der Waals surface area (Å²) in [7, 11) is 0. The molecule has 1 rings (SSSR count). The Kier molecular flexibility index (Phi) is 6.87. The molecular formula is C17H25N3O2. The fourth-order valence-corrected chi connectivity index (χ4v) is 2.15. The number of nitrogens with one attached hydrogen (secondary N) is 2. The number of nitrogens with zero attached hydrogens (tertiary/aromatic N) is 1. The molecule has 22 heavy (non-hydrogen) atoms. The smallest absolute Gasteiger partial charge is 0.251 e. The molecule has 0 aliphatic carbocycles. The Morgan fingerprint density at radius 2 is 2.14 bits per heavy atom. The number of hydrogen-bond donors (Lipinski definition) is 3. The van der Waals surface area contributed by atoms with Crippen LogP contribution in [0.5, 0.6) is 0 Å². The lowest BCUT2D eigenvalue weighted by Crippen LogP contribution is -2.27. The first-order valence-corrected chi connectivity index (χ1v) is 7.51. The van der Waals surface area contributed by atoms with Gasteiger partial charge < -0.3 is 15.7 Å². The molecule has 1 aromatic rings. The number of aliphatic hydroxyl groups excluding tert-OH is 1. The summed E-state index contributed by atoms with van der Waals surface area (Å²) < 4.78 is 0. The maximum atomic E-state index is 12.0. The Bertz CT molecular complexity index is 547. The molecular weight excluding hydrogens is 278 g/mol. The molecule has 1 aromatic carbocycles. The summed E-state index contributed by atoms with van der Waals surface area (Å²) in [5.74, 6) is -0.182. The Morgan fingerprint density at radius 3 is 2.77 bits per heavy atom. The molecule has 0 aromatic heterocycles. The lowest BCUT2D eigenvalue weighted by atomic mass is 9.88. The largest absolute Gasteiger partial charge is 0.395 e. The standard InChI is InChI=1S/C17H25N3O2/c1-13-14(16(22)19-10-11-21)6-4-7-15(13)20-12-17(2,3)8-5-9-18/h4,6-7,20-21H,5,8,10-12H2,1-3H3,(H,19,22). The molecule has 0 fully saturated rings. The average Bonchev–Trinajstić information content (AvgIpc) is 2.49. The maximum Gasteiger partial charge on any atom is 0.251 e. The van der Waals surface area contributed by atoms with Gasteiger partial charge in [0.25, 0.3) is 5.91 Å². The first kappa shape index (κ1) is 18.0. The summed E-state index contributed by atoms with van der Waals surface area (Å²) in [4.78, 5) is 12.0. The third kappa shape index (κ3) is 5.38. The van der Waals surface area contributed by atoms with Crippen LogP contribution in [0.25, 0.3) is 0 Å². The molecule has 0 bridgehead atoms. The second kappa shape index (κ2) is 8.40. The Labute approximate surface area is 132 Å². The van der Waals surface area contributed by atoms with Gasteiger partial charge in [0.05, 0.1) is 12.7 Å². The van der Waals surface area contributed by atoms with E-state index in [0.29, 0.717) is 12.0 Å². The van der Waals surface area contributed by atoms with Gasteiger partial charge in [-0.2, -0.15) is 5.26 Å². The molecule has 5 nitrogen and oxygen atoms in total. The molecule has 0 saturated heterocycles. The van der Waals surface area contributed by atoms with Crippen LogP contribution in [-0.2, 0) is 0 Å². The Morgan fingerprint density at radius 1 is 1.41 bits per heavy atom. The summed E-state index contributed by atoms with van der Waals surface area (Å²) in [5, 5.41) is 23.5. The Hall–Kier alpha value is -2.06. The molecule has 0 spiro atoms. The van der Waals surface area contributed by atoms with Crippen molar-refractivity contribution in [2.75, 3.05) is 25.0 Å². The van der Waals surface area contributed by atoms with Crippen LogP contribution >= 0.6 is 0 Å². The number of aliphatic hydroxyl groups is 1. The van der Waals surface area contributed by atoms with Crippen molar-refractivity contribution in [3.05, 3.63) is 29.3 Å². The second-order valence-electron chi connectivity index (χ2n) is 6.13. The van der Waals surface area contributed by atoms with Gasteiger partial charge in [-0.25, -0.2) is 0 Å². The number of rotatable bonds is 8. The van der Waals surface area contributed by atoms with Crippen LogP contribution in [-0.4, -0.2) is 30.7 Å². The average molecular weight is 303 g/mol. The van der Waals surface area contributed by atoms with Crippen LogP contribution in [0.3, 0.4) is 0 Å². The molecule has 5 heteroatoms. The molecule has 0 aliphatic rings. The van der Waals surface area contributed by atoms with Crippen LogP contribution in [0.4, 0.5) is 5.69 Å². The first-order chi connectivity index (χ1) is 10.4. The lowest BCUT2D eigenvalue weighted by Gasteiger charge is -2.25. The van der Waals surface area contributed by atoms with Crippen LogP contribution in [0.2, 0.25) is 0 Å². The van der Waals surface area contributed by atoms with E-state index in [-0.39, 0.29) is 24.5 Å². The van der Waals surface area contributed by atoms with Crippen LogP contribution in [0.15, 0.2) is 18.2 Å². The van der Waals surface area contributed by atoms with Gasteiger partial charge in [-0.3, -0.25) is 4.79 Å². The van der Waals surface area contributed by atoms with E-state index in [9.17, 15) is 4.79 Å². The lowest BCUT2D eigenvalue weighted by molar-refractivity contribution is 0.0944. The van der Waals surface area contributed by atoms with Gasteiger partial charge in [-0.05, 0) is 36.5 Å². The topological polar surface area (TPSA) is 85.2 Å². The quantitative estimate of drug-likeness (QED) is 0.688. The highest BCUT2D eigenvalue weighted by atomic mass is 16.3. The predicted molar refractivity (Wildman–Crippen MR) is 87.7 cm³/mol. The summed E-state index contributed by atoms with van der Waals surface area (Å²) in [5.41, 5.74) is 2.42. The maximum absolute atomic E-state index is 12.0. The minimum absolute atomic E-state index is 0.0112. The van der Waals surface area contributed by atoms with Crippen molar-refractivity contribution in [1.29, 1.82) is 5.26 Å². The van der Waals surface area contributed by atoms with Crippen molar-refractivity contribution < 1.29 is 9.90 Å². The van der Waals surface area contributed by atoms with Gasteiger partial charge in [0.15, 0.2) is 0 Å². The molecule has 0 unspecified atom stereocenters. The fraction of sp³-hybridized carbons (Fsp3) is 0.529. The second-order valence-corrected chi connectivity index (χ2v) is 6.13. The van der Waals surface area contributed by atoms with E-state index in [4.69, 9.17) is 10.4 Å². The molecule has 0 radical (unpaired) electrons. The third-order valence-electron chi connectivity index (χ3n) is 3.65. The number of anilines is 1. The van der Waals surface area contributed by atoms with Gasteiger partial charge in [0.2, 0.25) is 0 Å². The van der Waals surface area contributed by atoms with Gasteiger partial charge in [-0.15, -0.1) is 0 Å². The van der Waals surface area contributed by atoms with E-state index in [1.165, 1.54) is 0 Å². The Balaban J connectivity index is 2.76. The number of carbonyl (C=O) groups excluding carboxylic acids is 1. The highest BCUT2D eigenvalue weighted by Gasteiger charge is 2.18. The van der Waals surface area contributed by atoms with Crippen LogP contribution in [0.1, 0.15) is 42.6 Å². The molecule has 3 N–H and O–H groups in total. The zero-order valence-electron chi connectivity index (χ0n) is 13.6. The van der Waals surface area contributed by atoms with Crippen molar-refractivity contribution in [3.63, 3.8) is 0 Å². The number of carbonyl (C=O) groups is 1. The molecule has 0 heterocycles. The fourth-order valence-electron chi connectivity index (χ4n) is 2.15. The molecule has 120 valence electrons. The van der Waals surface area contributed by atoms with Crippen molar-refractivity contribution in [1.82, 2.24) is 5.32 Å². The first-order valence-electron chi connectivity index (χ1n) is 7.51. The predicted octanol–water partition coefficient (Wildman–Crippen LogP) is 2.46. The van der Waals surface area contributed by atoms with E-state index < -0.39 is 0 Å². The van der Waals surface area contributed by atoms with E-state index in [1.54, 1.807) is 6.07 Å². The highest BCUT2D eigenvalue weighted by Crippen LogP contribution is 2.25. The minimum Gasteiger partial charge on any atom is -0.395 e. The molecule has 0 aliphatic heterocycles. The number of benzene rings is 1. The monoisotopic (exact) mass is 303 g/mol. The SMILES string of the molecule is Cc1c(NCC(C)(C)CCC#N)cccc1C(=O)NCCO.